The molecule has 2 aliphatic rings. The van der Waals surface area contributed by atoms with Gasteiger partial charge < -0.3 is 18.9 Å². The average Bonchev–Trinajstić information content (AvgIpc) is 3.32. The molecule has 0 N–H and O–H groups in total. The molecule has 2 fully saturated rings. The largest absolute Gasteiger partial charge is 0.486 e. The minimum Gasteiger partial charge on any atom is -0.486 e. The molecule has 1 aromatic carbocycles. The number of rotatable bonds is 6. The molecule has 2 aromatic rings. The number of benzene rings is 1. The number of ether oxygens (including phenoxy) is 4. The maximum Gasteiger partial charge on any atom is 0.337 e. The fourth-order valence-corrected chi connectivity index (χ4v) is 3.74. The van der Waals surface area contributed by atoms with E-state index < -0.39 is 0 Å². The lowest BCUT2D eigenvalue weighted by molar-refractivity contribution is -0.00461. The van der Waals surface area contributed by atoms with Gasteiger partial charge in [0.05, 0.1) is 44.3 Å². The summed E-state index contributed by atoms with van der Waals surface area (Å²) in [5, 5.41) is 4.34. The van der Waals surface area contributed by atoms with E-state index >= 15 is 0 Å². The first-order chi connectivity index (χ1) is 14.1. The van der Waals surface area contributed by atoms with Gasteiger partial charge in [0, 0.05) is 37.9 Å². The number of carbonyl (C=O) groups is 1. The summed E-state index contributed by atoms with van der Waals surface area (Å²) in [5.41, 5.74) is 1.70. The molecule has 0 unspecified atom stereocenters. The van der Waals surface area contributed by atoms with E-state index in [2.05, 4.69) is 23.1 Å². The fraction of sp³-hybridized carbons (Fsp3) is 0.524. The van der Waals surface area contributed by atoms with Crippen LogP contribution in [0.2, 0.25) is 0 Å². The Bertz CT molecular complexity index is 806. The molecule has 0 amide bonds. The summed E-state index contributed by atoms with van der Waals surface area (Å²) < 4.78 is 24.8. The Hall–Kier alpha value is -2.42. The Kier molecular flexibility index (Phi) is 6.13. The number of carbonyl (C=O) groups excluding carboxylic acids is 1. The molecular formula is C21H27N3O5. The van der Waals surface area contributed by atoms with Crippen molar-refractivity contribution in [2.24, 2.45) is 0 Å². The first-order valence-electron chi connectivity index (χ1n) is 9.96. The maximum atomic E-state index is 11.5. The molecule has 156 valence electrons. The van der Waals surface area contributed by atoms with Crippen LogP contribution in [-0.4, -0.2) is 72.4 Å². The van der Waals surface area contributed by atoms with Gasteiger partial charge in [0.1, 0.15) is 11.9 Å². The van der Waals surface area contributed by atoms with Crippen LogP contribution >= 0.6 is 0 Å². The van der Waals surface area contributed by atoms with E-state index in [4.69, 9.17) is 18.9 Å². The molecule has 4 rings (SSSR count). The summed E-state index contributed by atoms with van der Waals surface area (Å²) in [6.07, 6.45) is 3.93. The smallest absolute Gasteiger partial charge is 0.337 e. The van der Waals surface area contributed by atoms with Gasteiger partial charge in [-0.25, -0.2) is 4.79 Å². The molecule has 8 heteroatoms. The van der Waals surface area contributed by atoms with Gasteiger partial charge in [-0.05, 0) is 31.2 Å². The van der Waals surface area contributed by atoms with Crippen molar-refractivity contribution in [3.8, 4) is 5.75 Å². The molecule has 0 saturated carbocycles. The van der Waals surface area contributed by atoms with Crippen LogP contribution in [0.5, 0.6) is 5.75 Å². The van der Waals surface area contributed by atoms with Crippen LogP contribution < -0.4 is 4.74 Å². The summed E-state index contributed by atoms with van der Waals surface area (Å²) in [4.78, 5) is 13.9. The number of fused-ring (bicyclic) bond motifs is 1. The van der Waals surface area contributed by atoms with Crippen molar-refractivity contribution in [3.63, 3.8) is 0 Å². The summed E-state index contributed by atoms with van der Waals surface area (Å²) >= 11 is 0. The number of aromatic nitrogens is 2. The Labute approximate surface area is 170 Å². The maximum absolute atomic E-state index is 11.5. The van der Waals surface area contributed by atoms with Crippen molar-refractivity contribution >= 4 is 5.97 Å². The average molecular weight is 401 g/mol. The van der Waals surface area contributed by atoms with Crippen LogP contribution in [-0.2, 0) is 27.3 Å². The van der Waals surface area contributed by atoms with E-state index in [0.717, 1.165) is 26.2 Å². The normalized spacial score (nSPS) is 22.8. The second-order valence-electron chi connectivity index (χ2n) is 7.40. The van der Waals surface area contributed by atoms with Gasteiger partial charge in [0.15, 0.2) is 0 Å². The van der Waals surface area contributed by atoms with E-state index in [0.29, 0.717) is 24.5 Å². The topological polar surface area (TPSA) is 75.1 Å². The summed E-state index contributed by atoms with van der Waals surface area (Å²) in [6.45, 7) is 6.43. The van der Waals surface area contributed by atoms with Crippen molar-refractivity contribution < 1.29 is 23.7 Å². The second-order valence-corrected chi connectivity index (χ2v) is 7.40. The van der Waals surface area contributed by atoms with E-state index in [9.17, 15) is 4.79 Å². The van der Waals surface area contributed by atoms with Crippen molar-refractivity contribution in [1.82, 2.24) is 14.7 Å². The van der Waals surface area contributed by atoms with Gasteiger partial charge in [-0.1, -0.05) is 0 Å². The van der Waals surface area contributed by atoms with E-state index in [-0.39, 0.29) is 24.3 Å². The van der Waals surface area contributed by atoms with Crippen LogP contribution in [0.4, 0.5) is 0 Å². The van der Waals surface area contributed by atoms with Crippen molar-refractivity contribution in [3.05, 3.63) is 47.8 Å². The number of nitrogens with zero attached hydrogens (tertiary/aromatic N) is 3. The highest BCUT2D eigenvalue weighted by Gasteiger charge is 2.37. The van der Waals surface area contributed by atoms with E-state index in [1.807, 2.05) is 10.9 Å². The zero-order valence-corrected chi connectivity index (χ0v) is 16.8. The van der Waals surface area contributed by atoms with Crippen LogP contribution in [0.15, 0.2) is 36.7 Å². The standard InChI is InChI=1S/C21H27N3O5/c1-3-24-10-15(8-22-24)9-23-11-19-20(12-23)28-14-18(13-27-19)29-17-6-4-16(5-7-17)21(25)26-2/h4-8,10,18-20H,3,9,11-14H2,1-2H3/t19-,20-/m0/s1. The van der Waals surface area contributed by atoms with Gasteiger partial charge in [0.25, 0.3) is 0 Å². The number of methoxy groups -OCH3 is 1. The Balaban J connectivity index is 1.27. The third-order valence-corrected chi connectivity index (χ3v) is 5.28. The lowest BCUT2D eigenvalue weighted by Gasteiger charge is -2.19. The fourth-order valence-electron chi connectivity index (χ4n) is 3.74. The molecule has 0 spiro atoms. The Morgan fingerprint density at radius 1 is 1.17 bits per heavy atom. The first kappa shape index (κ1) is 19.9. The zero-order valence-electron chi connectivity index (χ0n) is 16.8. The Morgan fingerprint density at radius 3 is 2.45 bits per heavy atom. The highest BCUT2D eigenvalue weighted by Crippen LogP contribution is 2.23. The molecule has 0 aliphatic carbocycles. The van der Waals surface area contributed by atoms with Gasteiger partial charge in [0.2, 0.25) is 0 Å². The summed E-state index contributed by atoms with van der Waals surface area (Å²) in [5.74, 6) is 0.313. The number of aryl methyl sites for hydroxylation is 1. The zero-order chi connectivity index (χ0) is 20.2. The van der Waals surface area contributed by atoms with Gasteiger partial charge in [-0.3, -0.25) is 9.58 Å². The molecule has 1 aromatic heterocycles. The lowest BCUT2D eigenvalue weighted by atomic mass is 10.2. The first-order valence-corrected chi connectivity index (χ1v) is 9.96. The van der Waals surface area contributed by atoms with Crippen molar-refractivity contribution in [2.75, 3.05) is 33.4 Å². The molecule has 29 heavy (non-hydrogen) atoms. The van der Waals surface area contributed by atoms with Gasteiger partial charge >= 0.3 is 5.97 Å². The van der Waals surface area contributed by atoms with Gasteiger partial charge in [-0.15, -0.1) is 0 Å². The van der Waals surface area contributed by atoms with Gasteiger partial charge in [-0.2, -0.15) is 5.10 Å². The Morgan fingerprint density at radius 2 is 1.86 bits per heavy atom. The van der Waals surface area contributed by atoms with Crippen molar-refractivity contribution in [2.45, 2.75) is 38.3 Å². The number of hydrogen-bond acceptors (Lipinski definition) is 7. The minimum atomic E-state index is -0.364. The molecule has 0 radical (unpaired) electrons. The molecule has 2 aliphatic heterocycles. The quantitative estimate of drug-likeness (QED) is 0.683. The number of hydrogen-bond donors (Lipinski definition) is 0. The number of esters is 1. The molecule has 2 saturated heterocycles. The monoisotopic (exact) mass is 401 g/mol. The molecular weight excluding hydrogens is 374 g/mol. The number of likely N-dealkylation sites (tertiary alicyclic amines) is 1. The predicted molar refractivity (Wildman–Crippen MR) is 105 cm³/mol. The van der Waals surface area contributed by atoms with Crippen molar-refractivity contribution in [1.29, 1.82) is 0 Å². The lowest BCUT2D eigenvalue weighted by Crippen LogP contribution is -2.29. The highest BCUT2D eigenvalue weighted by atomic mass is 16.6. The highest BCUT2D eigenvalue weighted by molar-refractivity contribution is 5.89. The SMILES string of the molecule is CCn1cc(CN2C[C@@H]3OCC(Oc4ccc(C(=O)OC)cc4)CO[C@H]3C2)cn1. The molecule has 3 heterocycles. The van der Waals surface area contributed by atoms with Crippen LogP contribution in [0.25, 0.3) is 0 Å². The third kappa shape index (κ3) is 4.77. The van der Waals surface area contributed by atoms with E-state index in [1.54, 1.807) is 24.3 Å². The molecule has 2 atom stereocenters. The summed E-state index contributed by atoms with van der Waals surface area (Å²) in [6, 6.07) is 6.89. The molecule has 0 bridgehead atoms. The van der Waals surface area contributed by atoms with Crippen LogP contribution in [0.1, 0.15) is 22.8 Å². The second kappa shape index (κ2) is 8.94. The van der Waals surface area contributed by atoms with E-state index in [1.165, 1.54) is 12.7 Å². The third-order valence-electron chi connectivity index (χ3n) is 5.28. The summed E-state index contributed by atoms with van der Waals surface area (Å²) in [7, 11) is 1.36. The van der Waals surface area contributed by atoms with Crippen LogP contribution in [0, 0.1) is 0 Å². The molecule has 8 nitrogen and oxygen atoms in total. The van der Waals surface area contributed by atoms with Crippen LogP contribution in [0.3, 0.4) is 0 Å². The minimum absolute atomic E-state index is 0.0477. The predicted octanol–water partition coefficient (Wildman–Crippen LogP) is 1.74.